The number of aromatic nitrogens is 2. The molecule has 1 saturated heterocycles. The van der Waals surface area contributed by atoms with Crippen LogP contribution in [0.5, 0.6) is 0 Å². The topological polar surface area (TPSA) is 75.5 Å². The average molecular weight is 473 g/mol. The van der Waals surface area contributed by atoms with E-state index in [1.54, 1.807) is 27.8 Å². The molecule has 0 bridgehead atoms. The maximum atomic E-state index is 12.7. The fourth-order valence-electron chi connectivity index (χ4n) is 3.00. The third-order valence-corrected chi connectivity index (χ3v) is 8.64. The molecule has 27 heavy (non-hydrogen) atoms. The number of aryl methyl sites for hydroxylation is 2. The van der Waals surface area contributed by atoms with Gasteiger partial charge in [-0.3, -0.25) is 9.48 Å². The maximum Gasteiger partial charge on any atom is 0.252 e. The van der Waals surface area contributed by atoms with Gasteiger partial charge in [0.25, 0.3) is 10.0 Å². The highest BCUT2D eigenvalue weighted by atomic mass is 79.9. The van der Waals surface area contributed by atoms with Gasteiger partial charge in [0.2, 0.25) is 5.91 Å². The molecule has 0 radical (unpaired) electrons. The quantitative estimate of drug-likeness (QED) is 0.640. The first-order valence-electron chi connectivity index (χ1n) is 8.43. The van der Waals surface area contributed by atoms with E-state index in [1.807, 2.05) is 20.9 Å². The van der Waals surface area contributed by atoms with Crippen molar-refractivity contribution in [3.8, 4) is 0 Å². The molecule has 10 heteroatoms. The Labute approximate surface area is 171 Å². The van der Waals surface area contributed by atoms with E-state index in [0.29, 0.717) is 30.4 Å². The van der Waals surface area contributed by atoms with E-state index >= 15 is 0 Å². The Kier molecular flexibility index (Phi) is 5.90. The Morgan fingerprint density at radius 2 is 1.89 bits per heavy atom. The predicted molar refractivity (Wildman–Crippen MR) is 109 cm³/mol. The zero-order valence-corrected chi connectivity index (χ0v) is 18.6. The molecular weight excluding hydrogens is 452 g/mol. The predicted octanol–water partition coefficient (Wildman–Crippen LogP) is 2.41. The van der Waals surface area contributed by atoms with E-state index in [-0.39, 0.29) is 5.91 Å². The number of carbonyl (C=O) groups is 1. The molecule has 1 aliphatic rings. The lowest BCUT2D eigenvalue weighted by Gasteiger charge is -2.33. The van der Waals surface area contributed by atoms with E-state index in [2.05, 4.69) is 21.0 Å². The number of hydrogen-bond donors (Lipinski definition) is 0. The minimum atomic E-state index is -3.50. The van der Waals surface area contributed by atoms with Gasteiger partial charge in [-0.15, -0.1) is 11.3 Å². The SMILES string of the molecule is Cc1nn(C)c(C)c1/C=C/C(=O)N1CCN(S(=O)(=O)c2ccc(Br)s2)CC1. The second-order valence-corrected chi connectivity index (χ2v) is 11.0. The van der Waals surface area contributed by atoms with Gasteiger partial charge >= 0.3 is 0 Å². The fourth-order valence-corrected chi connectivity index (χ4v) is 6.59. The lowest BCUT2D eigenvalue weighted by Crippen LogP contribution is -2.50. The normalized spacial score (nSPS) is 16.4. The van der Waals surface area contributed by atoms with E-state index < -0.39 is 10.0 Å². The summed E-state index contributed by atoms with van der Waals surface area (Å²) in [6, 6.07) is 3.33. The molecule has 7 nitrogen and oxygen atoms in total. The molecule has 1 fully saturated rings. The minimum absolute atomic E-state index is 0.117. The summed E-state index contributed by atoms with van der Waals surface area (Å²) in [5, 5.41) is 4.33. The molecule has 3 rings (SSSR count). The molecule has 2 aromatic rings. The van der Waals surface area contributed by atoms with Gasteiger partial charge in [-0.2, -0.15) is 9.40 Å². The van der Waals surface area contributed by atoms with Crippen LogP contribution >= 0.6 is 27.3 Å². The summed E-state index contributed by atoms with van der Waals surface area (Å²) in [6.45, 7) is 5.20. The van der Waals surface area contributed by atoms with Crippen molar-refractivity contribution >= 4 is 49.3 Å². The Hall–Kier alpha value is -1.49. The van der Waals surface area contributed by atoms with Crippen LogP contribution in [0.15, 0.2) is 26.2 Å². The van der Waals surface area contributed by atoms with Gasteiger partial charge in [-0.25, -0.2) is 8.42 Å². The summed E-state index contributed by atoms with van der Waals surface area (Å²) < 4.78 is 29.6. The van der Waals surface area contributed by atoms with Gasteiger partial charge in [0, 0.05) is 50.6 Å². The Morgan fingerprint density at radius 1 is 1.22 bits per heavy atom. The summed E-state index contributed by atoms with van der Waals surface area (Å²) in [5.41, 5.74) is 2.81. The van der Waals surface area contributed by atoms with Gasteiger partial charge in [-0.1, -0.05) is 0 Å². The largest absolute Gasteiger partial charge is 0.337 e. The lowest BCUT2D eigenvalue weighted by atomic mass is 10.2. The van der Waals surface area contributed by atoms with Crippen LogP contribution in [-0.4, -0.2) is 59.5 Å². The van der Waals surface area contributed by atoms with E-state index in [0.717, 1.165) is 20.7 Å². The summed E-state index contributed by atoms with van der Waals surface area (Å²) in [6.07, 6.45) is 3.32. The van der Waals surface area contributed by atoms with Crippen molar-refractivity contribution < 1.29 is 13.2 Å². The van der Waals surface area contributed by atoms with Crippen molar-refractivity contribution in [3.05, 3.63) is 38.9 Å². The molecule has 0 aliphatic carbocycles. The number of nitrogens with zero attached hydrogens (tertiary/aromatic N) is 4. The number of piperazine rings is 1. The Balaban J connectivity index is 1.63. The van der Waals surface area contributed by atoms with Crippen LogP contribution in [0.3, 0.4) is 0 Å². The van der Waals surface area contributed by atoms with Crippen LogP contribution < -0.4 is 0 Å². The Bertz CT molecular complexity index is 986. The second kappa shape index (κ2) is 7.86. The highest BCUT2D eigenvalue weighted by molar-refractivity contribution is 9.11. The molecule has 146 valence electrons. The van der Waals surface area contributed by atoms with Crippen molar-refractivity contribution in [2.45, 2.75) is 18.1 Å². The smallest absolute Gasteiger partial charge is 0.252 e. The first kappa shape index (κ1) is 20.2. The standard InChI is InChI=1S/C17H21BrN4O3S2/c1-12-14(13(2)20(3)19-12)4-6-16(23)21-8-10-22(11-9-21)27(24,25)17-7-5-15(18)26-17/h4-7H,8-11H2,1-3H3/b6-4+. The minimum Gasteiger partial charge on any atom is -0.337 e. The van der Waals surface area contributed by atoms with Crippen molar-refractivity contribution in [2.75, 3.05) is 26.2 Å². The van der Waals surface area contributed by atoms with Gasteiger partial charge in [-0.05, 0) is 48.0 Å². The number of amides is 1. The molecule has 0 saturated carbocycles. The van der Waals surface area contributed by atoms with Crippen molar-refractivity contribution in [1.82, 2.24) is 19.0 Å². The van der Waals surface area contributed by atoms with Gasteiger partial charge in [0.05, 0.1) is 9.48 Å². The van der Waals surface area contributed by atoms with Crippen LogP contribution in [-0.2, 0) is 21.9 Å². The van der Waals surface area contributed by atoms with E-state index in [4.69, 9.17) is 0 Å². The zero-order valence-electron chi connectivity index (χ0n) is 15.3. The number of sulfonamides is 1. The molecule has 1 aliphatic heterocycles. The molecule has 3 heterocycles. The van der Waals surface area contributed by atoms with Crippen LogP contribution in [0.25, 0.3) is 6.08 Å². The van der Waals surface area contributed by atoms with E-state index in [1.165, 1.54) is 21.7 Å². The van der Waals surface area contributed by atoms with Crippen LogP contribution in [0.4, 0.5) is 0 Å². The van der Waals surface area contributed by atoms with Crippen molar-refractivity contribution in [1.29, 1.82) is 0 Å². The molecule has 0 atom stereocenters. The summed E-state index contributed by atoms with van der Waals surface area (Å²) >= 11 is 4.49. The van der Waals surface area contributed by atoms with Crippen LogP contribution in [0.2, 0.25) is 0 Å². The lowest BCUT2D eigenvalue weighted by molar-refractivity contribution is -0.127. The molecule has 0 unspecified atom stereocenters. The van der Waals surface area contributed by atoms with Gasteiger partial charge in [0.15, 0.2) is 0 Å². The third kappa shape index (κ3) is 4.18. The van der Waals surface area contributed by atoms with Gasteiger partial charge < -0.3 is 4.90 Å². The molecule has 2 aromatic heterocycles. The summed E-state index contributed by atoms with van der Waals surface area (Å²) in [5.74, 6) is -0.117. The third-order valence-electron chi connectivity index (χ3n) is 4.65. The molecule has 0 aromatic carbocycles. The zero-order chi connectivity index (χ0) is 19.8. The highest BCUT2D eigenvalue weighted by Crippen LogP contribution is 2.29. The molecule has 0 N–H and O–H groups in total. The first-order valence-corrected chi connectivity index (χ1v) is 11.5. The van der Waals surface area contributed by atoms with Crippen LogP contribution in [0.1, 0.15) is 17.0 Å². The maximum absolute atomic E-state index is 12.7. The molecule has 0 spiro atoms. The first-order chi connectivity index (χ1) is 12.7. The van der Waals surface area contributed by atoms with Crippen molar-refractivity contribution in [3.63, 3.8) is 0 Å². The molecule has 1 amide bonds. The number of thiophene rings is 1. The molecular formula is C17H21BrN4O3S2. The number of carbonyl (C=O) groups excluding carboxylic acids is 1. The number of halogens is 1. The summed E-state index contributed by atoms with van der Waals surface area (Å²) in [7, 11) is -1.63. The number of rotatable bonds is 4. The Morgan fingerprint density at radius 3 is 2.41 bits per heavy atom. The summed E-state index contributed by atoms with van der Waals surface area (Å²) in [4.78, 5) is 14.1. The average Bonchev–Trinajstić information content (AvgIpc) is 3.17. The van der Waals surface area contributed by atoms with Gasteiger partial charge in [0.1, 0.15) is 4.21 Å². The second-order valence-electron chi connectivity index (χ2n) is 6.33. The highest BCUT2D eigenvalue weighted by Gasteiger charge is 2.30. The van der Waals surface area contributed by atoms with Crippen LogP contribution in [0, 0.1) is 13.8 Å². The fraction of sp³-hybridized carbons (Fsp3) is 0.412. The van der Waals surface area contributed by atoms with E-state index in [9.17, 15) is 13.2 Å². The number of hydrogen-bond acceptors (Lipinski definition) is 5. The monoisotopic (exact) mass is 472 g/mol. The van der Waals surface area contributed by atoms with Crippen molar-refractivity contribution in [2.24, 2.45) is 7.05 Å².